The largest absolute Gasteiger partial charge is 0.416 e. The van der Waals surface area contributed by atoms with Gasteiger partial charge >= 0.3 is 0 Å². The molecular formula is C25H45NOSi. The molecule has 28 heavy (non-hydrogen) atoms. The van der Waals surface area contributed by atoms with Gasteiger partial charge in [-0.1, -0.05) is 90.3 Å². The van der Waals surface area contributed by atoms with Crippen LogP contribution in [-0.2, 0) is 4.43 Å². The summed E-state index contributed by atoms with van der Waals surface area (Å²) in [7, 11) is -1.69. The third-order valence-electron chi connectivity index (χ3n) is 6.15. The highest BCUT2D eigenvalue weighted by molar-refractivity contribution is 6.74. The van der Waals surface area contributed by atoms with E-state index in [0.717, 1.165) is 19.6 Å². The molecule has 1 N–H and O–H groups in total. The Morgan fingerprint density at radius 2 is 1.61 bits per heavy atom. The van der Waals surface area contributed by atoms with Gasteiger partial charge < -0.3 is 9.74 Å². The van der Waals surface area contributed by atoms with Crippen molar-refractivity contribution in [3.8, 4) is 0 Å². The smallest absolute Gasteiger partial charge is 0.192 e. The van der Waals surface area contributed by atoms with Crippen LogP contribution in [0.4, 0.5) is 0 Å². The molecule has 160 valence electrons. The van der Waals surface area contributed by atoms with E-state index in [9.17, 15) is 0 Å². The van der Waals surface area contributed by atoms with E-state index in [1.165, 1.54) is 31.2 Å². The van der Waals surface area contributed by atoms with Crippen LogP contribution >= 0.6 is 0 Å². The summed E-state index contributed by atoms with van der Waals surface area (Å²) in [5.74, 6) is 0. The van der Waals surface area contributed by atoms with Gasteiger partial charge in [0.05, 0.1) is 6.04 Å². The molecule has 0 fully saturated rings. The van der Waals surface area contributed by atoms with E-state index in [0.29, 0.717) is 6.04 Å². The Morgan fingerprint density at radius 1 is 1.00 bits per heavy atom. The Morgan fingerprint density at radius 3 is 2.11 bits per heavy atom. The van der Waals surface area contributed by atoms with Crippen molar-refractivity contribution in [2.75, 3.05) is 13.2 Å². The summed E-state index contributed by atoms with van der Waals surface area (Å²) in [6, 6.07) is 11.3. The minimum absolute atomic E-state index is 0.260. The maximum Gasteiger partial charge on any atom is 0.192 e. The second-order valence-corrected chi connectivity index (χ2v) is 14.2. The van der Waals surface area contributed by atoms with E-state index in [2.05, 4.69) is 90.3 Å². The van der Waals surface area contributed by atoms with Crippen LogP contribution in [0.25, 0.3) is 0 Å². The molecule has 0 radical (unpaired) electrons. The summed E-state index contributed by atoms with van der Waals surface area (Å²) in [5.41, 5.74) is 4.61. The highest BCUT2D eigenvalue weighted by Gasteiger charge is 2.36. The van der Waals surface area contributed by atoms with E-state index in [1.807, 2.05) is 0 Å². The van der Waals surface area contributed by atoms with Crippen molar-refractivity contribution >= 4 is 8.32 Å². The zero-order chi connectivity index (χ0) is 21.2. The van der Waals surface area contributed by atoms with Gasteiger partial charge in [-0.2, -0.15) is 0 Å². The lowest BCUT2D eigenvalue weighted by atomic mass is 9.88. The van der Waals surface area contributed by atoms with Crippen molar-refractivity contribution in [2.24, 2.45) is 0 Å². The summed E-state index contributed by atoms with van der Waals surface area (Å²) in [4.78, 5) is 0. The first-order valence-corrected chi connectivity index (χ1v) is 14.2. The average Bonchev–Trinajstić information content (AvgIpc) is 2.65. The van der Waals surface area contributed by atoms with Gasteiger partial charge in [0.1, 0.15) is 0 Å². The summed E-state index contributed by atoms with van der Waals surface area (Å²) in [6.07, 6.45) is 5.92. The first-order valence-electron chi connectivity index (χ1n) is 11.3. The van der Waals surface area contributed by atoms with E-state index < -0.39 is 8.32 Å². The number of hydrogen-bond acceptors (Lipinski definition) is 2. The maximum atomic E-state index is 6.41. The molecule has 1 atom stereocenters. The van der Waals surface area contributed by atoms with Crippen molar-refractivity contribution in [3.05, 3.63) is 47.0 Å². The first kappa shape index (κ1) is 25.1. The van der Waals surface area contributed by atoms with Gasteiger partial charge in [0.15, 0.2) is 8.32 Å². The molecule has 0 spiro atoms. The minimum Gasteiger partial charge on any atom is -0.416 e. The summed E-state index contributed by atoms with van der Waals surface area (Å²) < 4.78 is 6.41. The van der Waals surface area contributed by atoms with Crippen molar-refractivity contribution in [2.45, 2.75) is 97.8 Å². The van der Waals surface area contributed by atoms with Gasteiger partial charge in [-0.25, -0.2) is 0 Å². The summed E-state index contributed by atoms with van der Waals surface area (Å²) in [6.45, 7) is 20.2. The Kier molecular flexibility index (Phi) is 10.7. The Balaban J connectivity index is 3.00. The van der Waals surface area contributed by atoms with Gasteiger partial charge in [0, 0.05) is 13.2 Å². The Bertz CT molecular complexity index is 586. The van der Waals surface area contributed by atoms with E-state index in [1.54, 1.807) is 11.1 Å². The SMILES string of the molecule is CCC/C(CC)=C(\CCC)[C@@H](NCCO[Si](C)(C)C(C)(C)C)c1ccccc1. The van der Waals surface area contributed by atoms with Gasteiger partial charge in [-0.15, -0.1) is 0 Å². The number of allylic oxidation sites excluding steroid dienone is 1. The fraction of sp³-hybridized carbons (Fsp3) is 0.680. The van der Waals surface area contributed by atoms with Crippen LogP contribution < -0.4 is 5.32 Å². The molecule has 1 aromatic rings. The molecule has 0 aliphatic carbocycles. The second kappa shape index (κ2) is 11.9. The minimum atomic E-state index is -1.69. The highest BCUT2D eigenvalue weighted by atomic mass is 28.4. The lowest BCUT2D eigenvalue weighted by Gasteiger charge is -2.36. The molecule has 0 aromatic heterocycles. The summed E-state index contributed by atoms with van der Waals surface area (Å²) in [5, 5.41) is 4.12. The topological polar surface area (TPSA) is 21.3 Å². The average molecular weight is 404 g/mol. The molecule has 0 amide bonds. The third-order valence-corrected chi connectivity index (χ3v) is 10.7. The number of hydrogen-bond donors (Lipinski definition) is 1. The van der Waals surface area contributed by atoms with Crippen molar-refractivity contribution in [1.29, 1.82) is 0 Å². The van der Waals surface area contributed by atoms with Crippen molar-refractivity contribution in [1.82, 2.24) is 5.32 Å². The van der Waals surface area contributed by atoms with Crippen LogP contribution in [-0.4, -0.2) is 21.5 Å². The fourth-order valence-electron chi connectivity index (χ4n) is 3.47. The number of benzene rings is 1. The molecule has 0 saturated heterocycles. The van der Waals surface area contributed by atoms with Crippen LogP contribution in [0.5, 0.6) is 0 Å². The summed E-state index contributed by atoms with van der Waals surface area (Å²) >= 11 is 0. The molecule has 2 nitrogen and oxygen atoms in total. The van der Waals surface area contributed by atoms with E-state index in [-0.39, 0.29) is 5.04 Å². The lowest BCUT2D eigenvalue weighted by Crippen LogP contribution is -2.42. The predicted molar refractivity (Wildman–Crippen MR) is 127 cm³/mol. The van der Waals surface area contributed by atoms with Crippen molar-refractivity contribution < 1.29 is 4.43 Å². The van der Waals surface area contributed by atoms with Gasteiger partial charge in [0.25, 0.3) is 0 Å². The lowest BCUT2D eigenvalue weighted by molar-refractivity contribution is 0.281. The quantitative estimate of drug-likeness (QED) is 0.220. The Hall–Kier alpha value is -0.903. The third kappa shape index (κ3) is 7.49. The molecule has 0 bridgehead atoms. The maximum absolute atomic E-state index is 6.41. The molecule has 0 aliphatic rings. The molecular weight excluding hydrogens is 358 g/mol. The van der Waals surface area contributed by atoms with Crippen LogP contribution in [0.3, 0.4) is 0 Å². The van der Waals surface area contributed by atoms with E-state index in [4.69, 9.17) is 4.43 Å². The predicted octanol–water partition coefficient (Wildman–Crippen LogP) is 7.65. The molecule has 0 heterocycles. The molecule has 0 saturated carbocycles. The van der Waals surface area contributed by atoms with Crippen LogP contribution in [0, 0.1) is 0 Å². The van der Waals surface area contributed by atoms with Gasteiger partial charge in [-0.3, -0.25) is 0 Å². The molecule has 3 heteroatoms. The highest BCUT2D eigenvalue weighted by Crippen LogP contribution is 2.36. The number of rotatable bonds is 12. The molecule has 1 rings (SSSR count). The standard InChI is InChI=1S/C25H45NOSi/c1-9-15-21(11-3)23(16-10-2)24(22-17-13-12-14-18-22)26-19-20-27-28(7,8)25(4,5)6/h12-14,17-18,24,26H,9-11,15-16,19-20H2,1-8H3/b23-21+/t24-/m0/s1. The fourth-order valence-corrected chi connectivity index (χ4v) is 4.52. The molecule has 0 aliphatic heterocycles. The molecule has 1 aromatic carbocycles. The van der Waals surface area contributed by atoms with Gasteiger partial charge in [0.2, 0.25) is 0 Å². The molecule has 0 unspecified atom stereocenters. The van der Waals surface area contributed by atoms with Crippen molar-refractivity contribution in [3.63, 3.8) is 0 Å². The Labute approximate surface area is 176 Å². The first-order chi connectivity index (χ1) is 13.2. The zero-order valence-electron chi connectivity index (χ0n) is 19.8. The number of nitrogens with one attached hydrogen (secondary N) is 1. The second-order valence-electron chi connectivity index (χ2n) is 9.39. The monoisotopic (exact) mass is 403 g/mol. The van der Waals surface area contributed by atoms with Gasteiger partial charge in [-0.05, 0) is 48.5 Å². The van der Waals surface area contributed by atoms with Crippen LogP contribution in [0.1, 0.15) is 85.3 Å². The van der Waals surface area contributed by atoms with E-state index >= 15 is 0 Å². The zero-order valence-corrected chi connectivity index (χ0v) is 20.8. The normalized spacial score (nSPS) is 14.7. The van der Waals surface area contributed by atoms with Crippen LogP contribution in [0.2, 0.25) is 18.1 Å². The van der Waals surface area contributed by atoms with Crippen LogP contribution in [0.15, 0.2) is 41.5 Å².